The van der Waals surface area contributed by atoms with E-state index in [0.717, 1.165) is 27.7 Å². The van der Waals surface area contributed by atoms with Gasteiger partial charge in [0.1, 0.15) is 11.3 Å². The molecule has 1 heterocycles. The number of fused-ring (bicyclic) bond motifs is 1. The Morgan fingerprint density at radius 2 is 1.56 bits per heavy atom. The predicted octanol–water partition coefficient (Wildman–Crippen LogP) is 5.47. The molecule has 0 fully saturated rings. The second kappa shape index (κ2) is 7.42. The maximum absolute atomic E-state index is 12.5. The molecule has 0 radical (unpaired) electrons. The zero-order chi connectivity index (χ0) is 18.6. The quantitative estimate of drug-likeness (QED) is 0.447. The van der Waals surface area contributed by atoms with Gasteiger partial charge in [0.05, 0.1) is 0 Å². The average Bonchev–Trinajstić information content (AvgIpc) is 2.73. The summed E-state index contributed by atoms with van der Waals surface area (Å²) in [6.07, 6.45) is 0. The highest BCUT2D eigenvalue weighted by Gasteiger charge is 2.10. The molecule has 4 rings (SSSR count). The molecule has 0 spiro atoms. The van der Waals surface area contributed by atoms with Crippen LogP contribution in [0.2, 0.25) is 0 Å². The molecule has 0 amide bonds. The fourth-order valence-corrected chi connectivity index (χ4v) is 3.04. The third-order valence-electron chi connectivity index (χ3n) is 4.50. The van der Waals surface area contributed by atoms with Crippen molar-refractivity contribution >= 4 is 16.7 Å². The minimum absolute atomic E-state index is 0.0145. The van der Waals surface area contributed by atoms with Crippen LogP contribution in [0.15, 0.2) is 84.9 Å². The van der Waals surface area contributed by atoms with Gasteiger partial charge in [-0.3, -0.25) is 4.79 Å². The molecule has 3 aromatic carbocycles. The molecular formula is C24H19NO2. The highest BCUT2D eigenvalue weighted by Crippen LogP contribution is 2.24. The number of aryl methyl sites for hydroxylation is 1. The van der Waals surface area contributed by atoms with Crippen LogP contribution in [0.25, 0.3) is 22.0 Å². The van der Waals surface area contributed by atoms with Crippen LogP contribution in [0, 0.1) is 6.92 Å². The summed E-state index contributed by atoms with van der Waals surface area (Å²) in [5, 5.41) is 0.998. The molecule has 0 bridgehead atoms. The van der Waals surface area contributed by atoms with E-state index in [1.54, 1.807) is 0 Å². The van der Waals surface area contributed by atoms with Crippen LogP contribution < -0.4 is 4.74 Å². The molecule has 0 saturated carbocycles. The molecule has 0 aliphatic carbocycles. The Labute approximate surface area is 158 Å². The Morgan fingerprint density at radius 3 is 2.33 bits per heavy atom. The molecule has 0 unspecified atom stereocenters. The molecule has 0 aliphatic rings. The number of carbonyl (C=O) groups is 1. The van der Waals surface area contributed by atoms with Gasteiger partial charge in [-0.25, -0.2) is 4.98 Å². The van der Waals surface area contributed by atoms with Crippen LogP contribution in [0.5, 0.6) is 5.75 Å². The number of benzene rings is 3. The van der Waals surface area contributed by atoms with Crippen molar-refractivity contribution in [3.05, 3.63) is 96.2 Å². The number of carbonyl (C=O) groups excluding carboxylic acids is 1. The SMILES string of the molecule is Cc1ccc2cccc(OCC(=O)c3ccc(-c4ccccc4)cc3)c2n1. The molecule has 0 aliphatic heterocycles. The van der Waals surface area contributed by atoms with Gasteiger partial charge in [-0.15, -0.1) is 0 Å². The minimum Gasteiger partial charge on any atom is -0.483 e. The van der Waals surface area contributed by atoms with Crippen LogP contribution in [-0.2, 0) is 0 Å². The van der Waals surface area contributed by atoms with Crippen molar-refractivity contribution in [2.24, 2.45) is 0 Å². The number of pyridine rings is 1. The number of aromatic nitrogens is 1. The van der Waals surface area contributed by atoms with Gasteiger partial charge in [0.2, 0.25) is 0 Å². The molecule has 3 heteroatoms. The van der Waals surface area contributed by atoms with Crippen molar-refractivity contribution in [3.63, 3.8) is 0 Å². The topological polar surface area (TPSA) is 39.2 Å². The molecule has 0 N–H and O–H groups in total. The van der Waals surface area contributed by atoms with Gasteiger partial charge in [-0.05, 0) is 30.2 Å². The standard InChI is InChI=1S/C24H19NO2/c1-17-10-11-21-8-5-9-23(24(21)25-17)27-16-22(26)20-14-12-19(13-15-20)18-6-3-2-4-7-18/h2-15H,16H2,1H3. The normalized spacial score (nSPS) is 10.7. The monoisotopic (exact) mass is 353 g/mol. The summed E-state index contributed by atoms with van der Waals surface area (Å²) in [7, 11) is 0. The number of rotatable bonds is 5. The Bertz CT molecular complexity index is 1090. The van der Waals surface area contributed by atoms with Gasteiger partial charge in [0.15, 0.2) is 12.4 Å². The van der Waals surface area contributed by atoms with Crippen molar-refractivity contribution < 1.29 is 9.53 Å². The van der Waals surface area contributed by atoms with Crippen LogP contribution in [0.1, 0.15) is 16.1 Å². The smallest absolute Gasteiger partial charge is 0.200 e. The number of hydrogen-bond acceptors (Lipinski definition) is 3. The van der Waals surface area contributed by atoms with Crippen LogP contribution in [0.4, 0.5) is 0 Å². The van der Waals surface area contributed by atoms with E-state index in [-0.39, 0.29) is 12.4 Å². The molecule has 4 aromatic rings. The molecule has 3 nitrogen and oxygen atoms in total. The lowest BCUT2D eigenvalue weighted by molar-refractivity contribution is 0.0922. The maximum atomic E-state index is 12.5. The number of ether oxygens (including phenoxy) is 1. The van der Waals surface area contributed by atoms with Gasteiger partial charge in [-0.1, -0.05) is 72.8 Å². The zero-order valence-corrected chi connectivity index (χ0v) is 15.1. The van der Waals surface area contributed by atoms with Crippen molar-refractivity contribution in [1.29, 1.82) is 0 Å². The summed E-state index contributed by atoms with van der Waals surface area (Å²) in [6.45, 7) is 1.93. The lowest BCUT2D eigenvalue weighted by atomic mass is 10.0. The summed E-state index contributed by atoms with van der Waals surface area (Å²) in [4.78, 5) is 17.1. The van der Waals surface area contributed by atoms with Crippen LogP contribution >= 0.6 is 0 Å². The number of para-hydroxylation sites is 1. The van der Waals surface area contributed by atoms with E-state index in [1.165, 1.54) is 0 Å². The van der Waals surface area contributed by atoms with Gasteiger partial charge >= 0.3 is 0 Å². The summed E-state index contributed by atoms with van der Waals surface area (Å²) in [5.74, 6) is 0.574. The molecule has 27 heavy (non-hydrogen) atoms. The highest BCUT2D eigenvalue weighted by atomic mass is 16.5. The van der Waals surface area contributed by atoms with Crippen molar-refractivity contribution in [3.8, 4) is 16.9 Å². The maximum Gasteiger partial charge on any atom is 0.200 e. The van der Waals surface area contributed by atoms with E-state index in [1.807, 2.05) is 79.7 Å². The zero-order valence-electron chi connectivity index (χ0n) is 15.1. The van der Waals surface area contributed by atoms with E-state index >= 15 is 0 Å². The van der Waals surface area contributed by atoms with Crippen molar-refractivity contribution in [1.82, 2.24) is 4.98 Å². The Hall–Kier alpha value is -3.46. The first-order chi connectivity index (χ1) is 13.2. The van der Waals surface area contributed by atoms with Crippen LogP contribution in [0.3, 0.4) is 0 Å². The molecule has 1 aromatic heterocycles. The molecular weight excluding hydrogens is 334 g/mol. The Morgan fingerprint density at radius 1 is 0.815 bits per heavy atom. The minimum atomic E-state index is -0.0562. The van der Waals surface area contributed by atoms with E-state index in [2.05, 4.69) is 17.1 Å². The lowest BCUT2D eigenvalue weighted by Gasteiger charge is -2.09. The Balaban J connectivity index is 1.49. The van der Waals surface area contributed by atoms with Crippen molar-refractivity contribution in [2.75, 3.05) is 6.61 Å². The first kappa shape index (κ1) is 17.0. The largest absolute Gasteiger partial charge is 0.483 e. The fraction of sp³-hybridized carbons (Fsp3) is 0.0833. The fourth-order valence-electron chi connectivity index (χ4n) is 3.04. The van der Waals surface area contributed by atoms with E-state index < -0.39 is 0 Å². The van der Waals surface area contributed by atoms with Gasteiger partial charge in [0, 0.05) is 16.6 Å². The first-order valence-corrected chi connectivity index (χ1v) is 8.88. The highest BCUT2D eigenvalue weighted by molar-refractivity contribution is 5.98. The summed E-state index contributed by atoms with van der Waals surface area (Å²) >= 11 is 0. The van der Waals surface area contributed by atoms with E-state index in [9.17, 15) is 4.79 Å². The summed E-state index contributed by atoms with van der Waals surface area (Å²) < 4.78 is 5.79. The number of ketones is 1. The van der Waals surface area contributed by atoms with Gasteiger partial charge in [-0.2, -0.15) is 0 Å². The van der Waals surface area contributed by atoms with Gasteiger partial charge < -0.3 is 4.74 Å². The van der Waals surface area contributed by atoms with Crippen molar-refractivity contribution in [2.45, 2.75) is 6.92 Å². The van der Waals surface area contributed by atoms with Crippen LogP contribution in [-0.4, -0.2) is 17.4 Å². The molecule has 132 valence electrons. The second-order valence-corrected chi connectivity index (χ2v) is 6.44. The van der Waals surface area contributed by atoms with E-state index in [0.29, 0.717) is 11.3 Å². The predicted molar refractivity (Wildman–Crippen MR) is 108 cm³/mol. The number of Topliss-reactive ketones (excluding diaryl/α,β-unsaturated/α-hetero) is 1. The average molecular weight is 353 g/mol. The summed E-state index contributed by atoms with van der Waals surface area (Å²) in [5.41, 5.74) is 4.55. The second-order valence-electron chi connectivity index (χ2n) is 6.44. The first-order valence-electron chi connectivity index (χ1n) is 8.88. The summed E-state index contributed by atoms with van der Waals surface area (Å²) in [6, 6.07) is 27.4. The lowest BCUT2D eigenvalue weighted by Crippen LogP contribution is -2.11. The third-order valence-corrected chi connectivity index (χ3v) is 4.50. The Kier molecular flexibility index (Phi) is 4.67. The molecule has 0 saturated heterocycles. The number of nitrogens with zero attached hydrogens (tertiary/aromatic N) is 1. The van der Waals surface area contributed by atoms with E-state index in [4.69, 9.17) is 4.74 Å². The third kappa shape index (κ3) is 3.72. The van der Waals surface area contributed by atoms with Gasteiger partial charge in [0.25, 0.3) is 0 Å². The number of hydrogen-bond donors (Lipinski definition) is 0. The molecule has 0 atom stereocenters.